The molecule has 1 saturated carbocycles. The monoisotopic (exact) mass is 382 g/mol. The van der Waals surface area contributed by atoms with E-state index in [1.54, 1.807) is 4.90 Å². The first kappa shape index (κ1) is 18.7. The number of nitrogens with two attached hydrogens (primary N) is 1. The largest absolute Gasteiger partial charge is 0.340 e. The van der Waals surface area contributed by atoms with E-state index in [1.165, 1.54) is 22.5 Å². The van der Waals surface area contributed by atoms with E-state index in [2.05, 4.69) is 0 Å². The van der Waals surface area contributed by atoms with Crippen molar-refractivity contribution in [3.63, 3.8) is 0 Å². The normalized spacial score (nSPS) is 24.6. The van der Waals surface area contributed by atoms with Gasteiger partial charge in [0, 0.05) is 50.3 Å². The van der Waals surface area contributed by atoms with Crippen molar-refractivity contribution in [3.05, 3.63) is 34.4 Å². The zero-order valence-electron chi connectivity index (χ0n) is 14.3. The summed E-state index contributed by atoms with van der Waals surface area (Å²) in [4.78, 5) is 24.4. The van der Waals surface area contributed by atoms with Crippen LogP contribution < -0.4 is 5.73 Å². The van der Waals surface area contributed by atoms with Gasteiger partial charge in [-0.1, -0.05) is 6.07 Å². The average molecular weight is 382 g/mol. The fourth-order valence-corrected chi connectivity index (χ4v) is 5.02. The number of nitrogens with zero attached hydrogens (tertiary/aromatic N) is 3. The summed E-state index contributed by atoms with van der Waals surface area (Å²) in [5.74, 6) is -0.0183. The number of benzene rings is 1. The third-order valence-corrected chi connectivity index (χ3v) is 6.93. The lowest BCUT2D eigenvalue weighted by Gasteiger charge is -2.35. The Morgan fingerprint density at radius 2 is 1.88 bits per heavy atom. The minimum Gasteiger partial charge on any atom is -0.340 e. The number of sulfonamides is 1. The lowest BCUT2D eigenvalue weighted by molar-refractivity contribution is -0.385. The molecule has 26 heavy (non-hydrogen) atoms. The van der Waals surface area contributed by atoms with Crippen molar-refractivity contribution in [1.82, 2.24) is 9.21 Å². The summed E-state index contributed by atoms with van der Waals surface area (Å²) >= 11 is 0. The van der Waals surface area contributed by atoms with Crippen LogP contribution in [0.25, 0.3) is 0 Å². The van der Waals surface area contributed by atoms with E-state index >= 15 is 0 Å². The van der Waals surface area contributed by atoms with E-state index in [4.69, 9.17) is 5.73 Å². The van der Waals surface area contributed by atoms with Gasteiger partial charge in [-0.05, 0) is 25.3 Å². The number of hydrogen-bond acceptors (Lipinski definition) is 6. The molecule has 2 unspecified atom stereocenters. The van der Waals surface area contributed by atoms with Gasteiger partial charge in [-0.15, -0.1) is 0 Å². The molecule has 1 amide bonds. The maximum absolute atomic E-state index is 12.7. The summed E-state index contributed by atoms with van der Waals surface area (Å²) in [6.07, 6.45) is 2.31. The number of amides is 1. The van der Waals surface area contributed by atoms with Gasteiger partial charge in [0.05, 0.1) is 9.82 Å². The number of carbonyl (C=O) groups excluding carboxylic acids is 1. The van der Waals surface area contributed by atoms with Crippen molar-refractivity contribution in [2.24, 2.45) is 11.7 Å². The number of nitro benzene ring substituents is 1. The van der Waals surface area contributed by atoms with Crippen LogP contribution in [0.5, 0.6) is 0 Å². The van der Waals surface area contributed by atoms with E-state index in [-0.39, 0.29) is 41.5 Å². The number of rotatable bonds is 4. The number of piperazine rings is 1. The summed E-state index contributed by atoms with van der Waals surface area (Å²) in [6, 6.07) is 5.09. The van der Waals surface area contributed by atoms with E-state index in [0.29, 0.717) is 19.5 Å². The van der Waals surface area contributed by atoms with Crippen molar-refractivity contribution in [1.29, 1.82) is 0 Å². The standard InChI is InChI=1S/C16H22N4O5S/c17-13-5-4-12(10-13)16(21)18-6-8-19(9-7-18)26(24,25)15-3-1-2-14(11-15)20(22)23/h1-3,11-13H,4-10,17H2. The van der Waals surface area contributed by atoms with Gasteiger partial charge in [0.25, 0.3) is 5.69 Å². The lowest BCUT2D eigenvalue weighted by atomic mass is 10.1. The first-order chi connectivity index (χ1) is 12.3. The Kier molecular flexibility index (Phi) is 5.26. The summed E-state index contributed by atoms with van der Waals surface area (Å²) in [7, 11) is -3.82. The molecule has 0 bridgehead atoms. The quantitative estimate of drug-likeness (QED) is 0.599. The zero-order valence-corrected chi connectivity index (χ0v) is 15.1. The molecular formula is C16H22N4O5S. The number of hydrogen-bond donors (Lipinski definition) is 1. The van der Waals surface area contributed by atoms with Gasteiger partial charge in [0.15, 0.2) is 0 Å². The molecule has 0 radical (unpaired) electrons. The van der Waals surface area contributed by atoms with E-state index in [9.17, 15) is 23.3 Å². The van der Waals surface area contributed by atoms with Gasteiger partial charge >= 0.3 is 0 Å². The summed E-state index contributed by atoms with van der Waals surface area (Å²) in [5, 5.41) is 10.9. The van der Waals surface area contributed by atoms with E-state index < -0.39 is 14.9 Å². The molecule has 1 saturated heterocycles. The first-order valence-corrected chi connectivity index (χ1v) is 10.0. The summed E-state index contributed by atoms with van der Waals surface area (Å²) in [5.41, 5.74) is 5.60. The Labute approximate surface area is 152 Å². The van der Waals surface area contributed by atoms with E-state index in [0.717, 1.165) is 18.9 Å². The average Bonchev–Trinajstić information content (AvgIpc) is 3.07. The lowest BCUT2D eigenvalue weighted by Crippen LogP contribution is -2.51. The second-order valence-corrected chi connectivity index (χ2v) is 8.69. The van der Waals surface area contributed by atoms with Crippen LogP contribution in [0, 0.1) is 16.0 Å². The fraction of sp³-hybridized carbons (Fsp3) is 0.562. The maximum atomic E-state index is 12.7. The molecule has 1 aromatic rings. The van der Waals surface area contributed by atoms with Crippen molar-refractivity contribution in [2.45, 2.75) is 30.2 Å². The van der Waals surface area contributed by atoms with Crippen LogP contribution in [-0.4, -0.2) is 60.7 Å². The molecule has 1 aliphatic heterocycles. The number of nitro groups is 1. The molecule has 1 aromatic carbocycles. The third-order valence-electron chi connectivity index (χ3n) is 5.04. The molecule has 1 heterocycles. The van der Waals surface area contributed by atoms with Crippen molar-refractivity contribution >= 4 is 21.6 Å². The smallest absolute Gasteiger partial charge is 0.270 e. The van der Waals surface area contributed by atoms with Crippen LogP contribution in [0.3, 0.4) is 0 Å². The molecule has 2 aliphatic rings. The highest BCUT2D eigenvalue weighted by Crippen LogP contribution is 2.27. The van der Waals surface area contributed by atoms with Crippen LogP contribution in [0.2, 0.25) is 0 Å². The van der Waals surface area contributed by atoms with E-state index in [1.807, 2.05) is 0 Å². The van der Waals surface area contributed by atoms with Gasteiger partial charge in [-0.3, -0.25) is 14.9 Å². The van der Waals surface area contributed by atoms with Crippen LogP contribution in [0.1, 0.15) is 19.3 Å². The Morgan fingerprint density at radius 3 is 2.46 bits per heavy atom. The Balaban J connectivity index is 1.66. The second kappa shape index (κ2) is 7.29. The van der Waals surface area contributed by atoms with Gasteiger partial charge in [-0.2, -0.15) is 4.31 Å². The molecular weight excluding hydrogens is 360 g/mol. The Hall–Kier alpha value is -2.04. The Morgan fingerprint density at radius 1 is 1.19 bits per heavy atom. The van der Waals surface area contributed by atoms with Crippen LogP contribution in [-0.2, 0) is 14.8 Å². The van der Waals surface area contributed by atoms with Crippen LogP contribution in [0.15, 0.2) is 29.2 Å². The topological polar surface area (TPSA) is 127 Å². The number of non-ortho nitro benzene ring substituents is 1. The Bertz CT molecular complexity index is 805. The molecule has 10 heteroatoms. The predicted molar refractivity (Wildman–Crippen MR) is 93.8 cm³/mol. The molecule has 0 spiro atoms. The molecule has 142 valence electrons. The van der Waals surface area contributed by atoms with Gasteiger partial charge in [0.1, 0.15) is 0 Å². The van der Waals surface area contributed by atoms with Crippen molar-refractivity contribution in [3.8, 4) is 0 Å². The second-order valence-electron chi connectivity index (χ2n) is 6.75. The molecule has 3 rings (SSSR count). The summed E-state index contributed by atoms with van der Waals surface area (Å²) < 4.78 is 26.7. The van der Waals surface area contributed by atoms with Gasteiger partial charge in [-0.25, -0.2) is 8.42 Å². The van der Waals surface area contributed by atoms with Crippen molar-refractivity contribution in [2.75, 3.05) is 26.2 Å². The van der Waals surface area contributed by atoms with Gasteiger partial charge in [0.2, 0.25) is 15.9 Å². The highest BCUT2D eigenvalue weighted by molar-refractivity contribution is 7.89. The van der Waals surface area contributed by atoms with Gasteiger partial charge < -0.3 is 10.6 Å². The highest BCUT2D eigenvalue weighted by Gasteiger charge is 2.35. The molecule has 2 N–H and O–H groups in total. The highest BCUT2D eigenvalue weighted by atomic mass is 32.2. The molecule has 1 aliphatic carbocycles. The zero-order chi connectivity index (χ0) is 18.9. The third kappa shape index (κ3) is 3.71. The minimum atomic E-state index is -3.82. The fourth-order valence-electron chi connectivity index (χ4n) is 3.55. The minimum absolute atomic E-state index is 0.0466. The molecule has 2 atom stereocenters. The molecule has 2 fully saturated rings. The SMILES string of the molecule is NC1CCC(C(=O)N2CCN(S(=O)(=O)c3cccc([N+](=O)[O-])c3)CC2)C1. The molecule has 9 nitrogen and oxygen atoms in total. The van der Waals surface area contributed by atoms with Crippen LogP contribution >= 0.6 is 0 Å². The maximum Gasteiger partial charge on any atom is 0.270 e. The molecule has 0 aromatic heterocycles. The number of carbonyl (C=O) groups is 1. The predicted octanol–water partition coefficient (Wildman–Crippen LogP) is 0.555. The van der Waals surface area contributed by atoms with Crippen molar-refractivity contribution < 1.29 is 18.1 Å². The first-order valence-electron chi connectivity index (χ1n) is 8.58. The van der Waals surface area contributed by atoms with Crippen LogP contribution in [0.4, 0.5) is 5.69 Å². The summed E-state index contributed by atoms with van der Waals surface area (Å²) in [6.45, 7) is 0.989.